The second kappa shape index (κ2) is 8.17. The maximum atomic E-state index is 12.5. The van der Waals surface area contributed by atoms with Gasteiger partial charge in [0.1, 0.15) is 0 Å². The Morgan fingerprint density at radius 1 is 0.821 bits per heavy atom. The fourth-order valence-electron chi connectivity index (χ4n) is 3.50. The van der Waals surface area contributed by atoms with Crippen molar-refractivity contribution in [1.29, 1.82) is 0 Å². The van der Waals surface area contributed by atoms with Crippen molar-refractivity contribution in [3.8, 4) is 0 Å². The molecule has 1 saturated heterocycles. The number of hydrogen-bond donors (Lipinski definition) is 0. The zero-order valence-electron chi connectivity index (χ0n) is 15.6. The quantitative estimate of drug-likeness (QED) is 0.643. The van der Waals surface area contributed by atoms with Crippen molar-refractivity contribution in [2.75, 3.05) is 31.1 Å². The highest BCUT2D eigenvalue weighted by Gasteiger charge is 2.22. The van der Waals surface area contributed by atoms with E-state index in [2.05, 4.69) is 14.9 Å². The molecule has 0 radical (unpaired) electrons. The maximum absolute atomic E-state index is 12.5. The van der Waals surface area contributed by atoms with Gasteiger partial charge in [0.15, 0.2) is 5.78 Å². The summed E-state index contributed by atoms with van der Waals surface area (Å²) in [7, 11) is 0. The first kappa shape index (κ1) is 18.1. The Morgan fingerprint density at radius 2 is 1.54 bits per heavy atom. The molecule has 2 heterocycles. The molecular weight excluding hydrogens is 352 g/mol. The van der Waals surface area contributed by atoms with Crippen LogP contribution in [0, 0.1) is 0 Å². The van der Waals surface area contributed by atoms with Gasteiger partial charge in [0, 0.05) is 57.0 Å². The third-order valence-corrected chi connectivity index (χ3v) is 5.10. The number of carbonyl (C=O) groups excluding carboxylic acids is 2. The van der Waals surface area contributed by atoms with E-state index in [1.807, 2.05) is 47.4 Å². The van der Waals surface area contributed by atoms with Crippen LogP contribution in [0.1, 0.15) is 23.2 Å². The first-order valence-electron chi connectivity index (χ1n) is 9.52. The van der Waals surface area contributed by atoms with Crippen LogP contribution in [0.4, 0.5) is 5.95 Å². The van der Waals surface area contributed by atoms with E-state index in [1.165, 1.54) is 0 Å². The largest absolute Gasteiger partial charge is 0.339 e. The highest BCUT2D eigenvalue weighted by atomic mass is 16.2. The molecular formula is C22H22N4O2. The predicted molar refractivity (Wildman–Crippen MR) is 108 cm³/mol. The standard InChI is InChI=1S/C22H22N4O2/c27-20(19-7-6-17-4-1-2-5-18(17)16-19)8-9-21(28)25-12-14-26(15-13-25)22-23-10-3-11-24-22/h1-7,10-11,16H,8-9,12-15H2. The van der Waals surface area contributed by atoms with E-state index in [0.29, 0.717) is 37.7 Å². The Balaban J connectivity index is 1.30. The molecule has 0 atom stereocenters. The SMILES string of the molecule is O=C(CCC(=O)N1CCN(c2ncccn2)CC1)c1ccc2ccccc2c1. The van der Waals surface area contributed by atoms with E-state index in [1.54, 1.807) is 18.5 Å². The number of rotatable bonds is 5. The zero-order chi connectivity index (χ0) is 19.3. The number of nitrogens with zero attached hydrogens (tertiary/aromatic N) is 4. The number of aromatic nitrogens is 2. The fourth-order valence-corrected chi connectivity index (χ4v) is 3.50. The molecule has 142 valence electrons. The summed E-state index contributed by atoms with van der Waals surface area (Å²) < 4.78 is 0. The van der Waals surface area contributed by atoms with Crippen molar-refractivity contribution >= 4 is 28.4 Å². The van der Waals surface area contributed by atoms with Crippen LogP contribution in [0.2, 0.25) is 0 Å². The van der Waals surface area contributed by atoms with Crippen LogP contribution in [-0.4, -0.2) is 52.7 Å². The van der Waals surface area contributed by atoms with Crippen molar-refractivity contribution in [2.24, 2.45) is 0 Å². The molecule has 0 N–H and O–H groups in total. The summed E-state index contributed by atoms with van der Waals surface area (Å²) in [5.74, 6) is 0.735. The average Bonchev–Trinajstić information content (AvgIpc) is 2.77. The van der Waals surface area contributed by atoms with Crippen molar-refractivity contribution in [1.82, 2.24) is 14.9 Å². The van der Waals surface area contributed by atoms with Gasteiger partial charge in [-0.15, -0.1) is 0 Å². The van der Waals surface area contributed by atoms with Gasteiger partial charge in [0.2, 0.25) is 11.9 Å². The Morgan fingerprint density at radius 3 is 2.29 bits per heavy atom. The Labute approximate surface area is 163 Å². The van der Waals surface area contributed by atoms with Crippen molar-refractivity contribution in [3.05, 3.63) is 66.5 Å². The van der Waals surface area contributed by atoms with Gasteiger partial charge in [-0.05, 0) is 22.9 Å². The lowest BCUT2D eigenvalue weighted by molar-refractivity contribution is -0.131. The molecule has 1 aliphatic heterocycles. The number of benzene rings is 2. The van der Waals surface area contributed by atoms with Crippen LogP contribution in [0.5, 0.6) is 0 Å². The summed E-state index contributed by atoms with van der Waals surface area (Å²) in [6.45, 7) is 2.66. The van der Waals surface area contributed by atoms with E-state index in [0.717, 1.165) is 10.8 Å². The minimum absolute atomic E-state index is 0.00965. The van der Waals surface area contributed by atoms with Crippen molar-refractivity contribution in [3.63, 3.8) is 0 Å². The summed E-state index contributed by atoms with van der Waals surface area (Å²) in [6.07, 6.45) is 3.92. The third-order valence-electron chi connectivity index (χ3n) is 5.10. The Kier molecular flexibility index (Phi) is 5.28. The molecule has 0 bridgehead atoms. The number of carbonyl (C=O) groups is 2. The lowest BCUT2D eigenvalue weighted by Gasteiger charge is -2.34. The van der Waals surface area contributed by atoms with Crippen LogP contribution >= 0.6 is 0 Å². The minimum atomic E-state index is 0.00965. The average molecular weight is 374 g/mol. The zero-order valence-corrected chi connectivity index (χ0v) is 15.6. The smallest absolute Gasteiger partial charge is 0.225 e. The number of fused-ring (bicyclic) bond motifs is 1. The van der Waals surface area contributed by atoms with Crippen LogP contribution < -0.4 is 4.90 Å². The number of amides is 1. The molecule has 6 nitrogen and oxygen atoms in total. The molecule has 4 rings (SSSR count). The van der Waals surface area contributed by atoms with E-state index < -0.39 is 0 Å². The highest BCUT2D eigenvalue weighted by molar-refractivity contribution is 6.01. The summed E-state index contributed by atoms with van der Waals surface area (Å²) in [5.41, 5.74) is 0.664. The second-order valence-corrected chi connectivity index (χ2v) is 6.90. The van der Waals surface area contributed by atoms with E-state index in [4.69, 9.17) is 0 Å². The molecule has 1 aromatic heterocycles. The first-order chi connectivity index (χ1) is 13.7. The maximum Gasteiger partial charge on any atom is 0.225 e. The van der Waals surface area contributed by atoms with Gasteiger partial charge < -0.3 is 9.80 Å². The van der Waals surface area contributed by atoms with Gasteiger partial charge >= 0.3 is 0 Å². The fraction of sp³-hybridized carbons (Fsp3) is 0.273. The van der Waals surface area contributed by atoms with E-state index in [-0.39, 0.29) is 24.5 Å². The van der Waals surface area contributed by atoms with Gasteiger partial charge in [-0.3, -0.25) is 9.59 Å². The minimum Gasteiger partial charge on any atom is -0.339 e. The topological polar surface area (TPSA) is 66.4 Å². The van der Waals surface area contributed by atoms with E-state index >= 15 is 0 Å². The summed E-state index contributed by atoms with van der Waals surface area (Å²) in [4.78, 5) is 37.4. The first-order valence-corrected chi connectivity index (χ1v) is 9.52. The molecule has 1 amide bonds. The molecule has 0 saturated carbocycles. The normalized spacial score (nSPS) is 14.3. The number of hydrogen-bond acceptors (Lipinski definition) is 5. The van der Waals surface area contributed by atoms with Gasteiger partial charge in [-0.25, -0.2) is 9.97 Å². The molecule has 2 aromatic carbocycles. The van der Waals surface area contributed by atoms with Crippen LogP contribution in [0.25, 0.3) is 10.8 Å². The second-order valence-electron chi connectivity index (χ2n) is 6.90. The number of anilines is 1. The van der Waals surface area contributed by atoms with Crippen LogP contribution in [0.3, 0.4) is 0 Å². The van der Waals surface area contributed by atoms with Gasteiger partial charge in [-0.1, -0.05) is 36.4 Å². The Bertz CT molecular complexity index is 982. The number of piperazine rings is 1. The summed E-state index contributed by atoms with van der Waals surface area (Å²) >= 11 is 0. The molecule has 3 aromatic rings. The van der Waals surface area contributed by atoms with Crippen molar-refractivity contribution < 1.29 is 9.59 Å². The monoisotopic (exact) mass is 374 g/mol. The lowest BCUT2D eigenvalue weighted by atomic mass is 10.0. The van der Waals surface area contributed by atoms with Crippen LogP contribution in [0.15, 0.2) is 60.9 Å². The van der Waals surface area contributed by atoms with Gasteiger partial charge in [0.05, 0.1) is 0 Å². The number of ketones is 1. The van der Waals surface area contributed by atoms with Crippen LogP contribution in [-0.2, 0) is 4.79 Å². The molecule has 6 heteroatoms. The molecule has 1 fully saturated rings. The molecule has 0 aliphatic carbocycles. The van der Waals surface area contributed by atoms with E-state index in [9.17, 15) is 9.59 Å². The molecule has 28 heavy (non-hydrogen) atoms. The number of Topliss-reactive ketones (excluding diaryl/α,β-unsaturated/α-hetero) is 1. The molecule has 0 spiro atoms. The summed E-state index contributed by atoms with van der Waals surface area (Å²) in [6, 6.07) is 15.4. The highest BCUT2D eigenvalue weighted by Crippen LogP contribution is 2.18. The lowest BCUT2D eigenvalue weighted by Crippen LogP contribution is -2.49. The Hall–Kier alpha value is -3.28. The van der Waals surface area contributed by atoms with Gasteiger partial charge in [0.25, 0.3) is 0 Å². The third kappa shape index (κ3) is 4.01. The predicted octanol–water partition coefficient (Wildman–Crippen LogP) is 2.94. The molecule has 0 unspecified atom stereocenters. The molecule has 1 aliphatic rings. The van der Waals surface area contributed by atoms with Crippen molar-refractivity contribution in [2.45, 2.75) is 12.8 Å². The van der Waals surface area contributed by atoms with Gasteiger partial charge in [-0.2, -0.15) is 0 Å². The summed E-state index contributed by atoms with van der Waals surface area (Å²) in [5, 5.41) is 2.15.